The van der Waals surface area contributed by atoms with Crippen LogP contribution in [0.5, 0.6) is 0 Å². The Labute approximate surface area is 86.6 Å². The average Bonchev–Trinajstić information content (AvgIpc) is 2.50. The van der Waals surface area contributed by atoms with Gasteiger partial charge in [0.25, 0.3) is 0 Å². The Bertz CT molecular complexity index is 301. The van der Waals surface area contributed by atoms with E-state index >= 15 is 0 Å². The fourth-order valence-electron chi connectivity index (χ4n) is 0.932. The lowest BCUT2D eigenvalue weighted by molar-refractivity contribution is 0.249. The first-order valence-electron chi connectivity index (χ1n) is 4.16. The van der Waals surface area contributed by atoms with Crippen LogP contribution in [0, 0.1) is 0 Å². The zero-order chi connectivity index (χ0) is 10.4. The van der Waals surface area contributed by atoms with Gasteiger partial charge in [-0.3, -0.25) is 0 Å². The van der Waals surface area contributed by atoms with E-state index in [-0.39, 0.29) is 0 Å². The number of nitrogens with one attached hydrogen (secondary N) is 2. The molecule has 0 aromatic carbocycles. The van der Waals surface area contributed by atoms with Crippen molar-refractivity contribution >= 4 is 17.6 Å². The molecule has 6 heteroatoms. The van der Waals surface area contributed by atoms with E-state index in [0.717, 1.165) is 5.76 Å². The van der Waals surface area contributed by atoms with E-state index in [2.05, 4.69) is 10.6 Å². The van der Waals surface area contributed by atoms with Gasteiger partial charge in [0.15, 0.2) is 5.22 Å². The Morgan fingerprint density at radius 3 is 2.86 bits per heavy atom. The van der Waals surface area contributed by atoms with Crippen molar-refractivity contribution in [3.05, 3.63) is 23.1 Å². The summed E-state index contributed by atoms with van der Waals surface area (Å²) >= 11 is 5.57. The molecule has 0 fully saturated rings. The summed E-state index contributed by atoms with van der Waals surface area (Å²) < 4.78 is 5.10. The van der Waals surface area contributed by atoms with Gasteiger partial charge in [0, 0.05) is 13.1 Å². The quantitative estimate of drug-likeness (QED) is 0.635. The highest BCUT2D eigenvalue weighted by Gasteiger charge is 1.98. The molecule has 0 bridgehead atoms. The van der Waals surface area contributed by atoms with Crippen LogP contribution in [0.3, 0.4) is 0 Å². The maximum atomic E-state index is 10.3. The first-order valence-corrected chi connectivity index (χ1v) is 4.54. The third kappa shape index (κ3) is 4.15. The molecule has 1 rings (SSSR count). The van der Waals surface area contributed by atoms with E-state index in [4.69, 9.17) is 21.8 Å². The number of carbonyl (C=O) groups is 1. The average molecular weight is 218 g/mol. The van der Waals surface area contributed by atoms with Gasteiger partial charge in [-0.25, -0.2) is 4.79 Å². The number of hydrogen-bond acceptors (Lipinski definition) is 3. The number of rotatable bonds is 5. The molecule has 4 N–H and O–H groups in total. The molecule has 1 heterocycles. The summed E-state index contributed by atoms with van der Waals surface area (Å²) in [5.74, 6) is 0.758. The van der Waals surface area contributed by atoms with Crippen molar-refractivity contribution in [3.8, 4) is 0 Å². The number of furan rings is 1. The predicted octanol–water partition coefficient (Wildman–Crippen LogP) is 0.691. The third-order valence-corrected chi connectivity index (χ3v) is 1.73. The minimum absolute atomic E-state index is 0.372. The highest BCUT2D eigenvalue weighted by molar-refractivity contribution is 6.28. The monoisotopic (exact) mass is 217 g/mol. The molecule has 0 spiro atoms. The largest absolute Gasteiger partial charge is 0.448 e. The van der Waals surface area contributed by atoms with Gasteiger partial charge in [0.05, 0.1) is 6.54 Å². The second kappa shape index (κ2) is 5.51. The van der Waals surface area contributed by atoms with Crippen LogP contribution < -0.4 is 16.4 Å². The summed E-state index contributed by atoms with van der Waals surface area (Å²) in [6, 6.07) is 2.95. The molecule has 0 radical (unpaired) electrons. The zero-order valence-electron chi connectivity index (χ0n) is 7.55. The summed E-state index contributed by atoms with van der Waals surface area (Å²) in [6.45, 7) is 1.69. The fourth-order valence-corrected chi connectivity index (χ4v) is 1.09. The first-order chi connectivity index (χ1) is 6.68. The van der Waals surface area contributed by atoms with E-state index in [1.54, 1.807) is 12.1 Å². The van der Waals surface area contributed by atoms with Crippen molar-refractivity contribution in [2.45, 2.75) is 6.54 Å². The Morgan fingerprint density at radius 2 is 2.29 bits per heavy atom. The van der Waals surface area contributed by atoms with Crippen LogP contribution in [-0.2, 0) is 6.54 Å². The minimum atomic E-state index is -0.521. The predicted molar refractivity (Wildman–Crippen MR) is 53.0 cm³/mol. The van der Waals surface area contributed by atoms with E-state index in [1.165, 1.54) is 0 Å². The Balaban J connectivity index is 2.07. The van der Waals surface area contributed by atoms with Gasteiger partial charge in [-0.1, -0.05) is 0 Å². The van der Waals surface area contributed by atoms with Crippen molar-refractivity contribution < 1.29 is 9.21 Å². The van der Waals surface area contributed by atoms with E-state index in [9.17, 15) is 4.79 Å². The SMILES string of the molecule is NC(=O)NCCNCc1ccc(Cl)o1. The summed E-state index contributed by atoms with van der Waals surface area (Å²) in [7, 11) is 0. The molecule has 0 aliphatic heterocycles. The highest BCUT2D eigenvalue weighted by Crippen LogP contribution is 2.12. The third-order valence-electron chi connectivity index (χ3n) is 1.53. The Morgan fingerprint density at radius 1 is 1.50 bits per heavy atom. The molecule has 2 amide bonds. The van der Waals surface area contributed by atoms with Gasteiger partial charge in [-0.15, -0.1) is 0 Å². The van der Waals surface area contributed by atoms with Crippen LogP contribution >= 0.6 is 11.6 Å². The lowest BCUT2D eigenvalue weighted by atomic mass is 10.4. The van der Waals surface area contributed by atoms with Gasteiger partial charge < -0.3 is 20.8 Å². The molecule has 0 saturated heterocycles. The molecule has 5 nitrogen and oxygen atoms in total. The summed E-state index contributed by atoms with van der Waals surface area (Å²) in [5, 5.41) is 5.88. The van der Waals surface area contributed by atoms with E-state index < -0.39 is 6.03 Å². The van der Waals surface area contributed by atoms with Crippen LogP contribution in [0.25, 0.3) is 0 Å². The molecule has 0 atom stereocenters. The number of urea groups is 1. The zero-order valence-corrected chi connectivity index (χ0v) is 8.30. The van der Waals surface area contributed by atoms with Crippen LogP contribution in [0.2, 0.25) is 5.22 Å². The van der Waals surface area contributed by atoms with E-state index in [1.807, 2.05) is 0 Å². The topological polar surface area (TPSA) is 80.3 Å². The van der Waals surface area contributed by atoms with Crippen molar-refractivity contribution in [2.75, 3.05) is 13.1 Å². The molecule has 1 aromatic rings. The van der Waals surface area contributed by atoms with Crippen molar-refractivity contribution in [1.29, 1.82) is 0 Å². The van der Waals surface area contributed by atoms with Gasteiger partial charge in [0.2, 0.25) is 0 Å². The minimum Gasteiger partial charge on any atom is -0.448 e. The summed E-state index contributed by atoms with van der Waals surface area (Å²) in [5.41, 5.74) is 4.88. The van der Waals surface area contributed by atoms with Crippen LogP contribution in [0.15, 0.2) is 16.5 Å². The number of nitrogens with two attached hydrogens (primary N) is 1. The molecule has 0 unspecified atom stereocenters. The molecular formula is C8H12ClN3O2. The van der Waals surface area contributed by atoms with Crippen molar-refractivity contribution in [2.24, 2.45) is 5.73 Å². The molecule has 1 aromatic heterocycles. The lowest BCUT2D eigenvalue weighted by Crippen LogP contribution is -2.35. The fraction of sp³-hybridized carbons (Fsp3) is 0.375. The molecule has 0 saturated carbocycles. The first kappa shape index (κ1) is 10.9. The molecule has 14 heavy (non-hydrogen) atoms. The highest BCUT2D eigenvalue weighted by atomic mass is 35.5. The second-order valence-electron chi connectivity index (χ2n) is 2.67. The van der Waals surface area contributed by atoms with E-state index in [0.29, 0.717) is 24.9 Å². The van der Waals surface area contributed by atoms with Gasteiger partial charge in [0.1, 0.15) is 5.76 Å². The standard InChI is InChI=1S/C8H12ClN3O2/c9-7-2-1-6(14-7)5-11-3-4-12-8(10)13/h1-2,11H,3-5H2,(H3,10,12,13). The molecule has 0 aliphatic rings. The smallest absolute Gasteiger partial charge is 0.312 e. The number of amides is 2. The van der Waals surface area contributed by atoms with Crippen molar-refractivity contribution in [3.63, 3.8) is 0 Å². The van der Waals surface area contributed by atoms with Crippen LogP contribution in [0.1, 0.15) is 5.76 Å². The van der Waals surface area contributed by atoms with Crippen molar-refractivity contribution in [1.82, 2.24) is 10.6 Å². The normalized spacial score (nSPS) is 10.1. The molecular weight excluding hydrogens is 206 g/mol. The Kier molecular flexibility index (Phi) is 4.28. The summed E-state index contributed by atoms with van der Waals surface area (Å²) in [4.78, 5) is 10.3. The Hall–Kier alpha value is -1.20. The maximum absolute atomic E-state index is 10.3. The second-order valence-corrected chi connectivity index (χ2v) is 3.05. The maximum Gasteiger partial charge on any atom is 0.312 e. The molecule has 78 valence electrons. The van der Waals surface area contributed by atoms with Crippen LogP contribution in [0.4, 0.5) is 4.79 Å². The molecule has 0 aliphatic carbocycles. The van der Waals surface area contributed by atoms with Gasteiger partial charge in [-0.2, -0.15) is 0 Å². The number of hydrogen-bond donors (Lipinski definition) is 3. The van der Waals surface area contributed by atoms with Gasteiger partial charge in [-0.05, 0) is 23.7 Å². The number of carbonyl (C=O) groups excluding carboxylic acids is 1. The lowest BCUT2D eigenvalue weighted by Gasteiger charge is -2.02. The number of primary amides is 1. The summed E-state index contributed by atoms with van der Waals surface area (Å²) in [6.07, 6.45) is 0. The van der Waals surface area contributed by atoms with Gasteiger partial charge >= 0.3 is 6.03 Å². The van der Waals surface area contributed by atoms with Crippen LogP contribution in [-0.4, -0.2) is 19.1 Å². The number of halogens is 1.